The molecule has 332 valence electrons. The molecule has 1 aromatic rings. The van der Waals surface area contributed by atoms with Crippen molar-refractivity contribution in [1.82, 2.24) is 29.8 Å². The molecule has 2 saturated heterocycles. The molecule has 60 heavy (non-hydrogen) atoms. The van der Waals surface area contributed by atoms with Gasteiger partial charge < -0.3 is 29.5 Å². The van der Waals surface area contributed by atoms with E-state index in [9.17, 15) is 33.6 Å². The number of esters is 1. The highest BCUT2D eigenvalue weighted by atomic mass is 16.6. The zero-order chi connectivity index (χ0) is 44.7. The van der Waals surface area contributed by atoms with E-state index < -0.39 is 77.9 Å². The Kier molecular flexibility index (Phi) is 16.5. The van der Waals surface area contributed by atoms with Crippen LogP contribution in [0.3, 0.4) is 0 Å². The number of rotatable bonds is 17. The number of imide groups is 1. The Morgan fingerprint density at radius 1 is 0.767 bits per heavy atom. The summed E-state index contributed by atoms with van der Waals surface area (Å²) in [7, 11) is 6.64. The zero-order valence-electron chi connectivity index (χ0n) is 37.7. The van der Waals surface area contributed by atoms with Crippen LogP contribution < -0.4 is 5.32 Å². The summed E-state index contributed by atoms with van der Waals surface area (Å²) in [6.45, 7) is 15.3. The molecule has 0 radical (unpaired) electrons. The molecule has 4 rings (SSSR count). The Bertz CT molecular complexity index is 1750. The molecule has 0 aliphatic carbocycles. The number of nitrogens with zero attached hydrogens (tertiary/aromatic N) is 5. The molecular weight excluding hydrogens is 769 g/mol. The van der Waals surface area contributed by atoms with Crippen molar-refractivity contribution in [3.63, 3.8) is 0 Å². The minimum absolute atomic E-state index is 0.00726. The Morgan fingerprint density at radius 2 is 1.35 bits per heavy atom. The molecule has 3 aliphatic rings. The maximum atomic E-state index is 14.5. The summed E-state index contributed by atoms with van der Waals surface area (Å²) in [6, 6.07) is 4.52. The maximum Gasteiger partial charge on any atom is 0.329 e. The third kappa shape index (κ3) is 10.6. The van der Waals surface area contributed by atoms with Crippen molar-refractivity contribution in [1.29, 1.82) is 0 Å². The van der Waals surface area contributed by atoms with Gasteiger partial charge in [-0.15, -0.1) is 0 Å². The van der Waals surface area contributed by atoms with E-state index in [4.69, 9.17) is 9.47 Å². The summed E-state index contributed by atoms with van der Waals surface area (Å²) < 4.78 is 11.4. The molecule has 3 heterocycles. The zero-order valence-corrected chi connectivity index (χ0v) is 37.7. The molecule has 0 spiro atoms. The fraction of sp³-hybridized carbons (Fsp3) is 0.667. The lowest BCUT2D eigenvalue weighted by Gasteiger charge is -2.39. The first-order valence-electron chi connectivity index (χ1n) is 21.4. The fourth-order valence-electron chi connectivity index (χ4n) is 8.93. The Hall–Kier alpha value is -4.79. The van der Waals surface area contributed by atoms with Gasteiger partial charge in [0.1, 0.15) is 36.0 Å². The van der Waals surface area contributed by atoms with Gasteiger partial charge in [-0.25, -0.2) is 4.79 Å². The Labute approximate surface area is 356 Å². The number of ether oxygens (including phenoxy) is 2. The van der Waals surface area contributed by atoms with Crippen molar-refractivity contribution >= 4 is 41.4 Å². The van der Waals surface area contributed by atoms with Gasteiger partial charge in [0.25, 0.3) is 11.8 Å². The largest absolute Gasteiger partial charge is 0.499 e. The molecule has 15 heteroatoms. The predicted octanol–water partition coefficient (Wildman–Crippen LogP) is 3.26. The van der Waals surface area contributed by atoms with Crippen LogP contribution >= 0.6 is 0 Å². The average Bonchev–Trinajstić information content (AvgIpc) is 3.94. The Balaban J connectivity index is 1.50. The van der Waals surface area contributed by atoms with Crippen LogP contribution in [0.15, 0.2) is 42.2 Å². The van der Waals surface area contributed by atoms with E-state index in [1.807, 2.05) is 90.9 Å². The number of hydrogen-bond donors (Lipinski definition) is 1. The minimum atomic E-state index is -1.31. The molecule has 1 N–H and O–H groups in total. The fourth-order valence-corrected chi connectivity index (χ4v) is 8.93. The first-order valence-corrected chi connectivity index (χ1v) is 21.4. The van der Waals surface area contributed by atoms with Crippen molar-refractivity contribution in [2.45, 2.75) is 130 Å². The minimum Gasteiger partial charge on any atom is -0.499 e. The molecule has 6 amide bonds. The van der Waals surface area contributed by atoms with E-state index in [0.29, 0.717) is 44.4 Å². The van der Waals surface area contributed by atoms with Gasteiger partial charge in [-0.2, -0.15) is 0 Å². The van der Waals surface area contributed by atoms with E-state index in [2.05, 4.69) is 5.32 Å². The molecule has 3 aliphatic heterocycles. The number of likely N-dealkylation sites (tertiary alicyclic amines) is 2. The number of hydrogen-bond acceptors (Lipinski definition) is 10. The van der Waals surface area contributed by atoms with Crippen LogP contribution in [0.4, 0.5) is 0 Å². The lowest BCUT2D eigenvalue weighted by atomic mass is 9.96. The van der Waals surface area contributed by atoms with Gasteiger partial charge in [-0.1, -0.05) is 85.7 Å². The van der Waals surface area contributed by atoms with Crippen molar-refractivity contribution in [3.8, 4) is 0 Å². The van der Waals surface area contributed by atoms with E-state index in [-0.39, 0.29) is 36.1 Å². The monoisotopic (exact) mass is 837 g/mol. The second kappa shape index (κ2) is 20.7. The van der Waals surface area contributed by atoms with E-state index in [1.54, 1.807) is 20.9 Å². The third-order valence-electron chi connectivity index (χ3n) is 11.9. The van der Waals surface area contributed by atoms with Gasteiger partial charge in [0.15, 0.2) is 6.10 Å². The van der Waals surface area contributed by atoms with Crippen LogP contribution in [-0.2, 0) is 49.5 Å². The molecule has 0 bridgehead atoms. The van der Waals surface area contributed by atoms with Crippen LogP contribution in [0.25, 0.3) is 0 Å². The first kappa shape index (κ1) is 47.9. The highest BCUT2D eigenvalue weighted by Crippen LogP contribution is 2.30. The summed E-state index contributed by atoms with van der Waals surface area (Å²) in [5.74, 6) is -4.24. The molecule has 0 aromatic heterocycles. The highest BCUT2D eigenvalue weighted by Gasteiger charge is 2.48. The summed E-state index contributed by atoms with van der Waals surface area (Å²) in [4.78, 5) is 105. The van der Waals surface area contributed by atoms with Gasteiger partial charge in [0.05, 0.1) is 13.2 Å². The van der Waals surface area contributed by atoms with E-state index in [0.717, 1.165) is 10.5 Å². The standard InChI is InChI=1S/C45H68N6O9/c1-26(2)36(46-40(53)37(27(3)4)47(9)10)42(55)48(11)38(28(5)6)43(56)49-22-16-20-31(49)41(54)50-23-17-21-32(50)45(58)60-39(29(7)8)44(57)51-33(34(59-12)25-35(51)52)24-30-18-14-13-15-19-30/h13-15,18-19,25-29,31-33,36-39H,16-17,20-24H2,1-12H3,(H,46,53)/t31-,32-,33-,36?,37-,38-,39-/m0/s1. The summed E-state index contributed by atoms with van der Waals surface area (Å²) in [5.41, 5.74) is 0.886. The third-order valence-corrected chi connectivity index (χ3v) is 11.9. The molecule has 7 atom stereocenters. The highest BCUT2D eigenvalue weighted by molar-refractivity contribution is 6.06. The maximum absolute atomic E-state index is 14.5. The normalized spacial score (nSPS) is 21.4. The van der Waals surface area contributed by atoms with Crippen molar-refractivity contribution in [2.75, 3.05) is 41.3 Å². The molecule has 1 unspecified atom stereocenters. The lowest BCUT2D eigenvalue weighted by molar-refractivity contribution is -0.170. The van der Waals surface area contributed by atoms with Crippen LogP contribution in [0.5, 0.6) is 0 Å². The summed E-state index contributed by atoms with van der Waals surface area (Å²) in [5, 5.41) is 2.95. The van der Waals surface area contributed by atoms with Crippen LogP contribution in [0, 0.1) is 23.7 Å². The summed E-state index contributed by atoms with van der Waals surface area (Å²) >= 11 is 0. The summed E-state index contributed by atoms with van der Waals surface area (Å²) in [6.07, 6.45) is 2.02. The molecule has 1 aromatic carbocycles. The molecule has 0 saturated carbocycles. The van der Waals surface area contributed by atoms with Gasteiger partial charge in [0.2, 0.25) is 23.6 Å². The number of methoxy groups -OCH3 is 1. The molecular formula is C45H68N6O9. The van der Waals surface area contributed by atoms with Crippen molar-refractivity contribution in [3.05, 3.63) is 47.7 Å². The number of nitrogens with one attached hydrogen (secondary N) is 1. The lowest BCUT2D eigenvalue weighted by Crippen LogP contribution is -2.61. The number of carbonyl (C=O) groups excluding carboxylic acids is 7. The number of benzene rings is 1. The van der Waals surface area contributed by atoms with Crippen LogP contribution in [-0.4, -0.2) is 150 Å². The van der Waals surface area contributed by atoms with Crippen LogP contribution in [0.2, 0.25) is 0 Å². The molecule has 2 fully saturated rings. The second-order valence-electron chi connectivity index (χ2n) is 18.0. The van der Waals surface area contributed by atoms with Crippen LogP contribution in [0.1, 0.15) is 86.6 Å². The van der Waals surface area contributed by atoms with E-state index in [1.165, 1.54) is 27.9 Å². The molecule has 15 nitrogen and oxygen atoms in total. The van der Waals surface area contributed by atoms with Gasteiger partial charge >= 0.3 is 5.97 Å². The van der Waals surface area contributed by atoms with E-state index >= 15 is 0 Å². The number of amides is 6. The SMILES string of the molecule is COC1=CC(=O)N(C(=O)[C@@H](OC(=O)[C@@H]2CCCN2C(=O)[C@@H]2CCCN2C(=O)[C@H](C(C)C)N(C)C(=O)C(NC(=O)[C@H](C(C)C)N(C)C)C(C)C)C(C)C)[C@H]1Cc1ccccc1. The average molecular weight is 837 g/mol. The van der Waals surface area contributed by atoms with Gasteiger partial charge in [0, 0.05) is 32.6 Å². The Morgan fingerprint density at radius 3 is 1.88 bits per heavy atom. The van der Waals surface area contributed by atoms with Gasteiger partial charge in [-0.05, 0) is 69.0 Å². The first-order chi connectivity index (χ1) is 28.2. The smallest absolute Gasteiger partial charge is 0.329 e. The number of likely N-dealkylation sites (N-methyl/N-ethyl adjacent to an activating group) is 2. The topological polar surface area (TPSA) is 166 Å². The van der Waals surface area contributed by atoms with Crippen molar-refractivity contribution < 1.29 is 43.0 Å². The number of carbonyl (C=O) groups is 7. The van der Waals surface area contributed by atoms with Crippen molar-refractivity contribution in [2.24, 2.45) is 23.7 Å². The second-order valence-corrected chi connectivity index (χ2v) is 18.0. The van der Waals surface area contributed by atoms with Gasteiger partial charge in [-0.3, -0.25) is 38.6 Å². The predicted molar refractivity (Wildman–Crippen MR) is 226 cm³/mol. The quantitative estimate of drug-likeness (QED) is 0.230.